The summed E-state index contributed by atoms with van der Waals surface area (Å²) >= 11 is 0. The van der Waals surface area contributed by atoms with Crippen molar-refractivity contribution in [2.24, 2.45) is 0 Å². The van der Waals surface area contributed by atoms with Gasteiger partial charge < -0.3 is 5.73 Å². The third-order valence-electron chi connectivity index (χ3n) is 2.40. The van der Waals surface area contributed by atoms with Crippen molar-refractivity contribution in [1.82, 2.24) is 4.90 Å². The summed E-state index contributed by atoms with van der Waals surface area (Å²) in [4.78, 5) is 2.14. The van der Waals surface area contributed by atoms with E-state index < -0.39 is 0 Å². The number of benzene rings is 1. The highest BCUT2D eigenvalue weighted by Gasteiger charge is 1.99. The third kappa shape index (κ3) is 4.05. The minimum atomic E-state index is 0.713. The van der Waals surface area contributed by atoms with Crippen molar-refractivity contribution in [3.63, 3.8) is 0 Å². The minimum Gasteiger partial charge on any atom is -0.399 e. The molecule has 0 heterocycles. The molecule has 0 unspecified atom stereocenters. The number of para-hydroxylation sites is 1. The quantitative estimate of drug-likeness (QED) is 0.582. The van der Waals surface area contributed by atoms with E-state index in [1.807, 2.05) is 25.2 Å². The highest BCUT2D eigenvalue weighted by Crippen LogP contribution is 2.12. The van der Waals surface area contributed by atoms with Crippen LogP contribution in [0.2, 0.25) is 0 Å². The zero-order valence-electron chi connectivity index (χ0n) is 9.24. The fraction of sp³-hybridized carbons (Fsp3) is 0.385. The van der Waals surface area contributed by atoms with E-state index in [2.05, 4.69) is 16.9 Å². The normalized spacial score (nSPS) is 10.2. The molecule has 0 saturated heterocycles. The number of nitrogens with two attached hydrogens (primary N) is 1. The molecule has 80 valence electrons. The lowest BCUT2D eigenvalue weighted by Crippen LogP contribution is -2.20. The molecule has 0 aromatic heterocycles. The van der Waals surface area contributed by atoms with Crippen LogP contribution < -0.4 is 5.73 Å². The van der Waals surface area contributed by atoms with Crippen LogP contribution in [0.1, 0.15) is 12.0 Å². The van der Waals surface area contributed by atoms with E-state index in [0.29, 0.717) is 6.54 Å². The van der Waals surface area contributed by atoms with Gasteiger partial charge in [-0.3, -0.25) is 4.90 Å². The second-order valence-corrected chi connectivity index (χ2v) is 3.74. The van der Waals surface area contributed by atoms with Crippen LogP contribution in [0.25, 0.3) is 0 Å². The number of nitrogens with zero attached hydrogens (tertiary/aromatic N) is 1. The topological polar surface area (TPSA) is 29.3 Å². The molecule has 0 atom stereocenters. The van der Waals surface area contributed by atoms with Crippen LogP contribution in [-0.2, 0) is 6.42 Å². The van der Waals surface area contributed by atoms with Crippen LogP contribution in [0.3, 0.4) is 0 Å². The van der Waals surface area contributed by atoms with Gasteiger partial charge >= 0.3 is 0 Å². The first-order chi connectivity index (χ1) is 7.24. The predicted molar refractivity (Wildman–Crippen MR) is 65.5 cm³/mol. The van der Waals surface area contributed by atoms with Crippen LogP contribution in [0.5, 0.6) is 0 Å². The zero-order chi connectivity index (χ0) is 11.1. The average Bonchev–Trinajstić information content (AvgIpc) is 2.21. The number of nitrogen functional groups attached to an aromatic ring is 1. The molecule has 1 aromatic carbocycles. The van der Waals surface area contributed by atoms with E-state index >= 15 is 0 Å². The molecule has 0 aliphatic heterocycles. The molecule has 2 N–H and O–H groups in total. The number of terminal acetylenes is 1. The lowest BCUT2D eigenvalue weighted by Gasteiger charge is -2.13. The van der Waals surface area contributed by atoms with Crippen LogP contribution in [-0.4, -0.2) is 25.0 Å². The summed E-state index contributed by atoms with van der Waals surface area (Å²) in [6, 6.07) is 8.01. The van der Waals surface area contributed by atoms with Crippen molar-refractivity contribution in [3.05, 3.63) is 29.8 Å². The maximum absolute atomic E-state index is 5.85. The molecule has 0 aliphatic carbocycles. The van der Waals surface area contributed by atoms with E-state index in [9.17, 15) is 0 Å². The Balaban J connectivity index is 2.32. The van der Waals surface area contributed by atoms with Crippen LogP contribution >= 0.6 is 0 Å². The second kappa shape index (κ2) is 6.10. The number of aryl methyl sites for hydroxylation is 1. The Hall–Kier alpha value is -1.46. The summed E-state index contributed by atoms with van der Waals surface area (Å²) in [6.45, 7) is 1.73. The Morgan fingerprint density at radius 2 is 2.13 bits per heavy atom. The SMILES string of the molecule is C#CCN(C)CCCc1ccccc1N. The number of hydrogen-bond donors (Lipinski definition) is 1. The van der Waals surface area contributed by atoms with Crippen molar-refractivity contribution >= 4 is 5.69 Å². The van der Waals surface area contributed by atoms with E-state index in [1.54, 1.807) is 0 Å². The predicted octanol–water partition coefficient (Wildman–Crippen LogP) is 1.77. The fourth-order valence-electron chi connectivity index (χ4n) is 1.54. The van der Waals surface area contributed by atoms with Crippen LogP contribution in [0.15, 0.2) is 24.3 Å². The molecule has 1 aromatic rings. The number of anilines is 1. The van der Waals surface area contributed by atoms with Gasteiger partial charge in [0.25, 0.3) is 0 Å². The Kier molecular flexibility index (Phi) is 4.73. The van der Waals surface area contributed by atoms with Gasteiger partial charge in [-0.15, -0.1) is 6.42 Å². The molecule has 0 amide bonds. The van der Waals surface area contributed by atoms with E-state index in [0.717, 1.165) is 25.1 Å². The molecule has 2 heteroatoms. The summed E-state index contributed by atoms with van der Waals surface area (Å²) in [5.41, 5.74) is 7.96. The van der Waals surface area contributed by atoms with Crippen molar-refractivity contribution in [3.8, 4) is 12.3 Å². The Morgan fingerprint density at radius 3 is 2.80 bits per heavy atom. The maximum atomic E-state index is 5.85. The zero-order valence-corrected chi connectivity index (χ0v) is 9.24. The maximum Gasteiger partial charge on any atom is 0.0596 e. The monoisotopic (exact) mass is 202 g/mol. The average molecular weight is 202 g/mol. The van der Waals surface area contributed by atoms with Gasteiger partial charge in [-0.25, -0.2) is 0 Å². The standard InChI is InChI=1S/C13H18N2/c1-3-10-15(2)11-6-8-12-7-4-5-9-13(12)14/h1,4-5,7,9H,6,8,10-11,14H2,2H3. The van der Waals surface area contributed by atoms with Gasteiger partial charge in [-0.1, -0.05) is 24.1 Å². The molecule has 0 saturated carbocycles. The van der Waals surface area contributed by atoms with Gasteiger partial charge in [0.2, 0.25) is 0 Å². The third-order valence-corrected chi connectivity index (χ3v) is 2.40. The Labute approximate surface area is 92.1 Å². The van der Waals surface area contributed by atoms with Crippen molar-refractivity contribution in [2.75, 3.05) is 25.9 Å². The Bertz CT molecular complexity index is 339. The highest BCUT2D eigenvalue weighted by molar-refractivity contribution is 5.46. The smallest absolute Gasteiger partial charge is 0.0596 e. The molecular formula is C13H18N2. The summed E-state index contributed by atoms with van der Waals surface area (Å²) in [6.07, 6.45) is 7.33. The minimum absolute atomic E-state index is 0.713. The number of hydrogen-bond acceptors (Lipinski definition) is 2. The summed E-state index contributed by atoms with van der Waals surface area (Å²) < 4.78 is 0. The summed E-state index contributed by atoms with van der Waals surface area (Å²) in [7, 11) is 2.04. The van der Waals surface area contributed by atoms with Crippen molar-refractivity contribution < 1.29 is 0 Å². The van der Waals surface area contributed by atoms with Gasteiger partial charge in [-0.05, 0) is 38.1 Å². The summed E-state index contributed by atoms with van der Waals surface area (Å²) in [5, 5.41) is 0. The first-order valence-electron chi connectivity index (χ1n) is 5.19. The lowest BCUT2D eigenvalue weighted by atomic mass is 10.1. The molecule has 0 radical (unpaired) electrons. The molecule has 0 fully saturated rings. The van der Waals surface area contributed by atoms with Gasteiger partial charge in [-0.2, -0.15) is 0 Å². The van der Waals surface area contributed by atoms with Gasteiger partial charge in [0.1, 0.15) is 0 Å². The van der Waals surface area contributed by atoms with Crippen LogP contribution in [0, 0.1) is 12.3 Å². The molecule has 0 spiro atoms. The largest absolute Gasteiger partial charge is 0.399 e. The first kappa shape index (κ1) is 11.6. The summed E-state index contributed by atoms with van der Waals surface area (Å²) in [5.74, 6) is 2.63. The molecule has 2 nitrogen and oxygen atoms in total. The van der Waals surface area contributed by atoms with E-state index in [1.165, 1.54) is 5.56 Å². The van der Waals surface area contributed by atoms with E-state index in [4.69, 9.17) is 12.2 Å². The van der Waals surface area contributed by atoms with Gasteiger partial charge in [0.05, 0.1) is 6.54 Å². The van der Waals surface area contributed by atoms with Gasteiger partial charge in [0, 0.05) is 5.69 Å². The fourth-order valence-corrected chi connectivity index (χ4v) is 1.54. The van der Waals surface area contributed by atoms with Crippen molar-refractivity contribution in [1.29, 1.82) is 0 Å². The Morgan fingerprint density at radius 1 is 1.40 bits per heavy atom. The van der Waals surface area contributed by atoms with Crippen molar-refractivity contribution in [2.45, 2.75) is 12.8 Å². The van der Waals surface area contributed by atoms with E-state index in [-0.39, 0.29) is 0 Å². The molecular weight excluding hydrogens is 184 g/mol. The second-order valence-electron chi connectivity index (χ2n) is 3.74. The molecule has 1 rings (SSSR count). The van der Waals surface area contributed by atoms with Gasteiger partial charge in [0.15, 0.2) is 0 Å². The molecule has 0 aliphatic rings. The lowest BCUT2D eigenvalue weighted by molar-refractivity contribution is 0.369. The first-order valence-corrected chi connectivity index (χ1v) is 5.19. The van der Waals surface area contributed by atoms with Crippen LogP contribution in [0.4, 0.5) is 5.69 Å². The highest BCUT2D eigenvalue weighted by atomic mass is 15.1. The molecule has 15 heavy (non-hydrogen) atoms. The molecule has 0 bridgehead atoms. The number of rotatable bonds is 5.